The molecule has 4 rings (SSSR count). The van der Waals surface area contributed by atoms with Crippen LogP contribution in [0.3, 0.4) is 0 Å². The summed E-state index contributed by atoms with van der Waals surface area (Å²) in [5, 5.41) is 12.0. The number of piperidine rings is 1. The molecule has 2 aromatic heterocycles. The topological polar surface area (TPSA) is 130 Å². The number of nitrogens with zero attached hydrogens (tertiary/aromatic N) is 3. The van der Waals surface area contributed by atoms with Gasteiger partial charge in [-0.15, -0.1) is 11.3 Å². The van der Waals surface area contributed by atoms with E-state index < -0.39 is 12.1 Å². The van der Waals surface area contributed by atoms with E-state index in [2.05, 4.69) is 50.0 Å². The van der Waals surface area contributed by atoms with Crippen molar-refractivity contribution in [3.63, 3.8) is 0 Å². The molecule has 1 aliphatic rings. The van der Waals surface area contributed by atoms with Crippen LogP contribution in [0.5, 0.6) is 11.5 Å². The van der Waals surface area contributed by atoms with Crippen LogP contribution in [0, 0.1) is 0 Å². The molecule has 0 radical (unpaired) electrons. The number of benzene rings is 1. The minimum atomic E-state index is -0.555. The van der Waals surface area contributed by atoms with Gasteiger partial charge in [0.05, 0.1) is 6.20 Å². The fourth-order valence-corrected chi connectivity index (χ4v) is 5.09. The van der Waals surface area contributed by atoms with Crippen molar-refractivity contribution in [2.75, 3.05) is 50.0 Å². The summed E-state index contributed by atoms with van der Waals surface area (Å²) >= 11 is 1.30. The maximum atomic E-state index is 12.7. The monoisotopic (exact) mass is 553 g/mol. The number of ether oxygens (including phenoxy) is 2. The zero-order valence-corrected chi connectivity index (χ0v) is 23.1. The number of likely N-dealkylation sites (N-methyl/N-ethyl adjacent to an activating group) is 1. The Balaban J connectivity index is 1.45. The summed E-state index contributed by atoms with van der Waals surface area (Å²) in [5.74, 6) is 1.34. The van der Waals surface area contributed by atoms with Gasteiger partial charge in [-0.05, 0) is 68.8 Å². The summed E-state index contributed by atoms with van der Waals surface area (Å²) in [6.07, 6.45) is 5.55. The van der Waals surface area contributed by atoms with Crippen molar-refractivity contribution in [1.82, 2.24) is 25.5 Å². The summed E-state index contributed by atoms with van der Waals surface area (Å²) in [6.45, 7) is 9.42. The van der Waals surface area contributed by atoms with Gasteiger partial charge in [-0.1, -0.05) is 13.8 Å². The van der Waals surface area contributed by atoms with Crippen LogP contribution >= 0.6 is 11.3 Å². The molecule has 3 amide bonds. The van der Waals surface area contributed by atoms with Crippen molar-refractivity contribution in [2.24, 2.45) is 0 Å². The van der Waals surface area contributed by atoms with E-state index in [0.29, 0.717) is 17.4 Å². The van der Waals surface area contributed by atoms with Gasteiger partial charge in [0.2, 0.25) is 0 Å². The zero-order valence-electron chi connectivity index (χ0n) is 22.2. The minimum absolute atomic E-state index is 0.0440. The first-order valence-corrected chi connectivity index (χ1v) is 14.0. The van der Waals surface area contributed by atoms with Crippen LogP contribution in [-0.4, -0.2) is 72.4 Å². The second-order valence-corrected chi connectivity index (χ2v) is 9.98. The molecule has 1 saturated heterocycles. The highest BCUT2D eigenvalue weighted by molar-refractivity contribution is 7.20. The molecule has 0 unspecified atom stereocenters. The average molecular weight is 554 g/mol. The number of thiophene rings is 1. The van der Waals surface area contributed by atoms with Crippen LogP contribution in [0.1, 0.15) is 26.7 Å². The summed E-state index contributed by atoms with van der Waals surface area (Å²) < 4.78 is 11.6. The van der Waals surface area contributed by atoms with Gasteiger partial charge in [0.25, 0.3) is 0 Å². The molecule has 11 nitrogen and oxygen atoms in total. The van der Waals surface area contributed by atoms with Crippen molar-refractivity contribution in [3.05, 3.63) is 48.9 Å². The maximum absolute atomic E-state index is 12.7. The van der Waals surface area contributed by atoms with Crippen molar-refractivity contribution in [1.29, 1.82) is 0 Å². The summed E-state index contributed by atoms with van der Waals surface area (Å²) in [6, 6.07) is 8.99. The van der Waals surface area contributed by atoms with E-state index in [1.807, 2.05) is 24.3 Å². The quantitative estimate of drug-likeness (QED) is 0.275. The number of anilines is 2. The predicted molar refractivity (Wildman–Crippen MR) is 153 cm³/mol. The Morgan fingerprint density at radius 3 is 2.56 bits per heavy atom. The second-order valence-electron chi connectivity index (χ2n) is 8.93. The van der Waals surface area contributed by atoms with Crippen molar-refractivity contribution < 1.29 is 19.1 Å². The molecule has 0 aliphatic carbocycles. The normalized spacial score (nSPS) is 13.6. The molecule has 0 atom stereocenters. The Morgan fingerprint density at radius 1 is 1.10 bits per heavy atom. The van der Waals surface area contributed by atoms with Gasteiger partial charge in [0.1, 0.15) is 17.4 Å². The van der Waals surface area contributed by atoms with Gasteiger partial charge in [-0.25, -0.2) is 14.6 Å². The number of aromatic nitrogens is 2. The molecular formula is C27H35N7O4S. The largest absolute Gasteiger partial charge is 0.492 e. The third-order valence-corrected chi connectivity index (χ3v) is 7.38. The van der Waals surface area contributed by atoms with Gasteiger partial charge in [-0.2, -0.15) is 0 Å². The van der Waals surface area contributed by atoms with Crippen LogP contribution in [0.25, 0.3) is 10.4 Å². The fraction of sp³-hybridized carbons (Fsp3) is 0.407. The molecule has 3 heterocycles. The molecule has 208 valence electrons. The molecule has 0 bridgehead atoms. The van der Waals surface area contributed by atoms with E-state index in [9.17, 15) is 9.59 Å². The van der Waals surface area contributed by atoms with Gasteiger partial charge in [0.15, 0.2) is 11.6 Å². The van der Waals surface area contributed by atoms with Crippen molar-refractivity contribution >= 4 is 34.3 Å². The van der Waals surface area contributed by atoms with Gasteiger partial charge in [0, 0.05) is 35.9 Å². The number of nitrogens with one attached hydrogen (secondary N) is 4. The van der Waals surface area contributed by atoms with Crippen LogP contribution in [-0.2, 0) is 0 Å². The molecule has 12 heteroatoms. The van der Waals surface area contributed by atoms with Gasteiger partial charge < -0.3 is 25.0 Å². The first-order chi connectivity index (χ1) is 19.0. The summed E-state index contributed by atoms with van der Waals surface area (Å²) in [4.78, 5) is 36.5. The van der Waals surface area contributed by atoms with Crippen LogP contribution in [0.15, 0.2) is 48.9 Å². The van der Waals surface area contributed by atoms with Gasteiger partial charge in [-0.3, -0.25) is 15.6 Å². The zero-order chi connectivity index (χ0) is 27.5. The molecule has 1 aliphatic heterocycles. The van der Waals surface area contributed by atoms with Crippen LogP contribution in [0.2, 0.25) is 0 Å². The third-order valence-electron chi connectivity index (χ3n) is 6.30. The maximum Gasteiger partial charge on any atom is 0.412 e. The Labute approximate surface area is 232 Å². The van der Waals surface area contributed by atoms with Crippen LogP contribution in [0.4, 0.5) is 20.4 Å². The van der Waals surface area contributed by atoms with Gasteiger partial charge >= 0.3 is 12.1 Å². The van der Waals surface area contributed by atoms with Crippen molar-refractivity contribution in [3.8, 4) is 21.9 Å². The summed E-state index contributed by atoms with van der Waals surface area (Å²) in [5.41, 5.74) is 0.905. The molecule has 1 aromatic carbocycles. The lowest BCUT2D eigenvalue weighted by molar-refractivity contribution is 0.193. The lowest BCUT2D eigenvalue weighted by Gasteiger charge is -2.23. The Kier molecular flexibility index (Phi) is 10.5. The number of rotatable bonds is 11. The molecule has 0 saturated carbocycles. The lowest BCUT2D eigenvalue weighted by Crippen LogP contribution is -2.43. The SMILES string of the molecule is CCN(CC)CCOc1ccc(-c2cc(OC(=O)NC3CCNCC3)c(NC(=O)Nc3cnccn3)s2)cc1. The predicted octanol–water partition coefficient (Wildman–Crippen LogP) is 4.41. The Hall–Kier alpha value is -3.74. The summed E-state index contributed by atoms with van der Waals surface area (Å²) in [7, 11) is 0. The van der Waals surface area contributed by atoms with Crippen molar-refractivity contribution in [2.45, 2.75) is 32.7 Å². The highest BCUT2D eigenvalue weighted by Crippen LogP contribution is 2.41. The number of hydrogen-bond acceptors (Lipinski definition) is 9. The van der Waals surface area contributed by atoms with E-state index in [1.54, 1.807) is 6.07 Å². The number of carbonyl (C=O) groups excluding carboxylic acids is 2. The fourth-order valence-electron chi connectivity index (χ4n) is 4.10. The number of carbonyl (C=O) groups is 2. The number of hydrogen-bond donors (Lipinski definition) is 4. The van der Waals surface area contributed by atoms with E-state index in [-0.39, 0.29) is 11.8 Å². The number of amides is 3. The highest BCUT2D eigenvalue weighted by Gasteiger charge is 2.21. The standard InChI is InChI=1S/C27H35N7O4S/c1-3-34(4-2)15-16-37-21-7-5-19(6-8-21)23-17-22(38-27(36)31-20-9-11-28-12-10-20)25(39-23)33-26(35)32-24-18-29-13-14-30-24/h5-8,13-14,17-18,20,28H,3-4,9-12,15-16H2,1-2H3,(H,31,36)(H2,30,32,33,35). The molecule has 4 N–H and O–H groups in total. The lowest BCUT2D eigenvalue weighted by atomic mass is 10.1. The minimum Gasteiger partial charge on any atom is -0.492 e. The molecule has 39 heavy (non-hydrogen) atoms. The average Bonchev–Trinajstić information content (AvgIpc) is 3.34. The van der Waals surface area contributed by atoms with E-state index in [4.69, 9.17) is 9.47 Å². The van der Waals surface area contributed by atoms with Crippen LogP contribution < -0.4 is 30.7 Å². The first kappa shape index (κ1) is 28.3. The molecular weight excluding hydrogens is 518 g/mol. The second kappa shape index (κ2) is 14.4. The first-order valence-electron chi connectivity index (χ1n) is 13.2. The Bertz CT molecular complexity index is 1200. The number of urea groups is 1. The molecule has 0 spiro atoms. The van der Waals surface area contributed by atoms with E-state index in [1.165, 1.54) is 29.9 Å². The third kappa shape index (κ3) is 8.63. The smallest absolute Gasteiger partial charge is 0.412 e. The molecule has 3 aromatic rings. The Morgan fingerprint density at radius 2 is 1.87 bits per heavy atom. The van der Waals surface area contributed by atoms with E-state index >= 15 is 0 Å². The highest BCUT2D eigenvalue weighted by atomic mass is 32.1. The molecule has 1 fully saturated rings. The van der Waals surface area contributed by atoms with E-state index in [0.717, 1.165) is 61.8 Å².